The van der Waals surface area contributed by atoms with Crippen molar-refractivity contribution in [3.05, 3.63) is 0 Å². The second-order valence-corrected chi connectivity index (χ2v) is 5.09. The fourth-order valence-corrected chi connectivity index (χ4v) is 1.44. The van der Waals surface area contributed by atoms with Crippen LogP contribution in [0.1, 0.15) is 59.3 Å². The number of nitrogens with two attached hydrogens (primary N) is 1. The van der Waals surface area contributed by atoms with Gasteiger partial charge in [-0.2, -0.15) is 0 Å². The first kappa shape index (κ1) is 13.9. The maximum Gasteiger partial charge on any atom is 0.00965 e. The van der Waals surface area contributed by atoms with Crippen LogP contribution in [0.5, 0.6) is 0 Å². The van der Waals surface area contributed by atoms with Gasteiger partial charge in [0.15, 0.2) is 0 Å². The standard InChI is InChI=1S/C12H28N2/c1-12(2,3)14-11-9-7-5-4-6-8-10-13/h14H,4-11,13H2,1-3H3. The van der Waals surface area contributed by atoms with Crippen molar-refractivity contribution >= 4 is 0 Å². The Kier molecular flexibility index (Phi) is 8.20. The van der Waals surface area contributed by atoms with Gasteiger partial charge < -0.3 is 11.1 Å². The molecule has 0 aromatic carbocycles. The fraction of sp³-hybridized carbons (Fsp3) is 1.00. The van der Waals surface area contributed by atoms with Crippen molar-refractivity contribution in [2.45, 2.75) is 64.8 Å². The maximum atomic E-state index is 5.43. The summed E-state index contributed by atoms with van der Waals surface area (Å²) in [5, 5.41) is 3.50. The van der Waals surface area contributed by atoms with Crippen LogP contribution in [0.3, 0.4) is 0 Å². The molecule has 86 valence electrons. The predicted molar refractivity (Wildman–Crippen MR) is 64.5 cm³/mol. The Bertz CT molecular complexity index is 116. The molecule has 0 rings (SSSR count). The summed E-state index contributed by atoms with van der Waals surface area (Å²) in [6, 6.07) is 0. The van der Waals surface area contributed by atoms with Gasteiger partial charge in [-0.15, -0.1) is 0 Å². The molecule has 0 spiro atoms. The van der Waals surface area contributed by atoms with Crippen LogP contribution in [0.15, 0.2) is 0 Å². The molecule has 2 heteroatoms. The van der Waals surface area contributed by atoms with E-state index in [2.05, 4.69) is 26.1 Å². The van der Waals surface area contributed by atoms with E-state index in [-0.39, 0.29) is 5.54 Å². The third-order valence-electron chi connectivity index (χ3n) is 2.29. The molecule has 3 N–H and O–H groups in total. The maximum absolute atomic E-state index is 5.43. The van der Waals surface area contributed by atoms with Crippen LogP contribution in [0.4, 0.5) is 0 Å². The molecule has 0 aromatic heterocycles. The number of rotatable bonds is 8. The van der Waals surface area contributed by atoms with Crippen molar-refractivity contribution in [2.75, 3.05) is 13.1 Å². The molecule has 2 nitrogen and oxygen atoms in total. The smallest absolute Gasteiger partial charge is 0.00965 e. The van der Waals surface area contributed by atoms with Crippen LogP contribution >= 0.6 is 0 Å². The molecule has 0 aliphatic heterocycles. The SMILES string of the molecule is CC(C)(C)NCCCCCCCCN. The monoisotopic (exact) mass is 200 g/mol. The van der Waals surface area contributed by atoms with Crippen LogP contribution in [-0.4, -0.2) is 18.6 Å². The molecular weight excluding hydrogens is 172 g/mol. The second kappa shape index (κ2) is 8.25. The highest BCUT2D eigenvalue weighted by molar-refractivity contribution is 4.69. The highest BCUT2D eigenvalue weighted by Gasteiger charge is 2.06. The van der Waals surface area contributed by atoms with Crippen LogP contribution in [-0.2, 0) is 0 Å². The van der Waals surface area contributed by atoms with Crippen molar-refractivity contribution in [2.24, 2.45) is 5.73 Å². The van der Waals surface area contributed by atoms with Gasteiger partial charge in [0.1, 0.15) is 0 Å². The molecule has 14 heavy (non-hydrogen) atoms. The van der Waals surface area contributed by atoms with Gasteiger partial charge in [-0.1, -0.05) is 25.7 Å². The average molecular weight is 200 g/mol. The molecule has 0 aromatic rings. The van der Waals surface area contributed by atoms with E-state index in [1.807, 2.05) is 0 Å². The summed E-state index contributed by atoms with van der Waals surface area (Å²) in [5.74, 6) is 0. The molecule has 0 saturated heterocycles. The molecule has 0 fully saturated rings. The van der Waals surface area contributed by atoms with E-state index in [1.54, 1.807) is 0 Å². The van der Waals surface area contributed by atoms with E-state index >= 15 is 0 Å². The van der Waals surface area contributed by atoms with Crippen molar-refractivity contribution in [3.8, 4) is 0 Å². The lowest BCUT2D eigenvalue weighted by atomic mass is 10.1. The Hall–Kier alpha value is -0.0800. The summed E-state index contributed by atoms with van der Waals surface area (Å²) in [7, 11) is 0. The molecule has 0 heterocycles. The summed E-state index contributed by atoms with van der Waals surface area (Å²) < 4.78 is 0. The van der Waals surface area contributed by atoms with E-state index in [0.717, 1.165) is 13.1 Å². The van der Waals surface area contributed by atoms with Crippen LogP contribution in [0.2, 0.25) is 0 Å². The molecular formula is C12H28N2. The van der Waals surface area contributed by atoms with Crippen molar-refractivity contribution in [3.63, 3.8) is 0 Å². The summed E-state index contributed by atoms with van der Waals surface area (Å²) in [6.07, 6.45) is 7.88. The molecule has 0 unspecified atom stereocenters. The van der Waals surface area contributed by atoms with Gasteiger partial charge in [0, 0.05) is 5.54 Å². The van der Waals surface area contributed by atoms with Crippen molar-refractivity contribution in [1.82, 2.24) is 5.32 Å². The fourth-order valence-electron chi connectivity index (χ4n) is 1.44. The molecule has 0 radical (unpaired) electrons. The Labute approximate surface area is 89.6 Å². The van der Waals surface area contributed by atoms with Crippen molar-refractivity contribution in [1.29, 1.82) is 0 Å². The topological polar surface area (TPSA) is 38.0 Å². The minimum Gasteiger partial charge on any atom is -0.330 e. The normalized spacial score (nSPS) is 12.0. The lowest BCUT2D eigenvalue weighted by Crippen LogP contribution is -2.36. The lowest BCUT2D eigenvalue weighted by Gasteiger charge is -2.20. The minimum absolute atomic E-state index is 0.277. The Morgan fingerprint density at radius 3 is 1.86 bits per heavy atom. The van der Waals surface area contributed by atoms with Crippen LogP contribution in [0.25, 0.3) is 0 Å². The van der Waals surface area contributed by atoms with Crippen LogP contribution < -0.4 is 11.1 Å². The number of hydrogen-bond acceptors (Lipinski definition) is 2. The van der Waals surface area contributed by atoms with E-state index in [1.165, 1.54) is 38.5 Å². The third-order valence-corrected chi connectivity index (χ3v) is 2.29. The molecule has 0 aliphatic carbocycles. The summed E-state index contributed by atoms with van der Waals surface area (Å²) in [4.78, 5) is 0. The lowest BCUT2D eigenvalue weighted by molar-refractivity contribution is 0.415. The van der Waals surface area contributed by atoms with Gasteiger partial charge >= 0.3 is 0 Å². The summed E-state index contributed by atoms with van der Waals surface area (Å²) in [5.41, 5.74) is 5.71. The molecule has 0 bridgehead atoms. The van der Waals surface area contributed by atoms with Gasteiger partial charge in [-0.25, -0.2) is 0 Å². The second-order valence-electron chi connectivity index (χ2n) is 5.09. The summed E-state index contributed by atoms with van der Waals surface area (Å²) >= 11 is 0. The predicted octanol–water partition coefficient (Wildman–Crippen LogP) is 2.67. The quantitative estimate of drug-likeness (QED) is 0.591. The molecule has 0 atom stereocenters. The van der Waals surface area contributed by atoms with Crippen molar-refractivity contribution < 1.29 is 0 Å². The van der Waals surface area contributed by atoms with E-state index in [0.29, 0.717) is 0 Å². The van der Waals surface area contributed by atoms with E-state index in [9.17, 15) is 0 Å². The van der Waals surface area contributed by atoms with E-state index < -0.39 is 0 Å². The molecule has 0 aliphatic rings. The zero-order valence-electron chi connectivity index (χ0n) is 10.2. The Balaban J connectivity index is 2.99. The van der Waals surface area contributed by atoms with Gasteiger partial charge in [-0.3, -0.25) is 0 Å². The molecule has 0 saturated carbocycles. The first-order valence-electron chi connectivity index (χ1n) is 6.01. The zero-order valence-corrected chi connectivity index (χ0v) is 10.2. The Morgan fingerprint density at radius 2 is 1.36 bits per heavy atom. The highest BCUT2D eigenvalue weighted by Crippen LogP contribution is 2.05. The largest absolute Gasteiger partial charge is 0.330 e. The third kappa shape index (κ3) is 11.9. The highest BCUT2D eigenvalue weighted by atomic mass is 14.9. The Morgan fingerprint density at radius 1 is 0.857 bits per heavy atom. The number of unbranched alkanes of at least 4 members (excludes halogenated alkanes) is 5. The average Bonchev–Trinajstić information content (AvgIpc) is 2.08. The summed E-state index contributed by atoms with van der Waals surface area (Å²) in [6.45, 7) is 8.66. The van der Waals surface area contributed by atoms with Gasteiger partial charge in [0.2, 0.25) is 0 Å². The minimum atomic E-state index is 0.277. The molecule has 0 amide bonds. The zero-order chi connectivity index (χ0) is 10.9. The number of hydrogen-bond donors (Lipinski definition) is 2. The van der Waals surface area contributed by atoms with Gasteiger partial charge in [0.05, 0.1) is 0 Å². The van der Waals surface area contributed by atoms with Gasteiger partial charge in [0.25, 0.3) is 0 Å². The first-order valence-corrected chi connectivity index (χ1v) is 6.01. The number of nitrogens with one attached hydrogen (secondary N) is 1. The van der Waals surface area contributed by atoms with E-state index in [4.69, 9.17) is 5.73 Å². The van der Waals surface area contributed by atoms with Crippen LogP contribution in [0, 0.1) is 0 Å². The first-order chi connectivity index (χ1) is 6.56. The van der Waals surface area contributed by atoms with Gasteiger partial charge in [-0.05, 0) is 46.7 Å².